The Bertz CT molecular complexity index is 371. The molecule has 0 N–H and O–H groups in total. The molecule has 0 atom stereocenters. The van der Waals surface area contributed by atoms with Gasteiger partial charge in [-0.15, -0.1) is 0 Å². The Balaban J connectivity index is 1.84. The predicted octanol–water partition coefficient (Wildman–Crippen LogP) is 3.01. The Morgan fingerprint density at radius 2 is 1.89 bits per heavy atom. The highest BCUT2D eigenvalue weighted by Crippen LogP contribution is 2.21. The fourth-order valence-electron chi connectivity index (χ4n) is 2.66. The molecule has 0 unspecified atom stereocenters. The number of anilines is 1. The number of rotatable bonds is 7. The van der Waals surface area contributed by atoms with E-state index in [4.69, 9.17) is 4.74 Å². The lowest BCUT2D eigenvalue weighted by Crippen LogP contribution is -2.25. The second-order valence-corrected chi connectivity index (χ2v) is 5.07. The maximum absolute atomic E-state index is 5.88. The van der Waals surface area contributed by atoms with Crippen molar-refractivity contribution in [1.29, 1.82) is 0 Å². The van der Waals surface area contributed by atoms with Gasteiger partial charge in [0.1, 0.15) is 12.4 Å². The van der Waals surface area contributed by atoms with Crippen LogP contribution in [0, 0.1) is 0 Å². The van der Waals surface area contributed by atoms with Crippen LogP contribution in [0.2, 0.25) is 0 Å². The first-order valence-electron chi connectivity index (χ1n) is 7.53. The predicted molar refractivity (Wildman–Crippen MR) is 81.2 cm³/mol. The molecule has 2 rings (SSSR count). The summed E-state index contributed by atoms with van der Waals surface area (Å²) < 4.78 is 5.88. The number of hydrogen-bond acceptors (Lipinski definition) is 3. The lowest BCUT2D eigenvalue weighted by molar-refractivity contribution is 0.238. The average molecular weight is 262 g/mol. The molecule has 0 aromatic heterocycles. The van der Waals surface area contributed by atoms with Gasteiger partial charge >= 0.3 is 0 Å². The molecule has 1 aromatic rings. The molecule has 0 spiro atoms. The molecule has 19 heavy (non-hydrogen) atoms. The fraction of sp³-hybridized carbons (Fsp3) is 0.625. The van der Waals surface area contributed by atoms with E-state index < -0.39 is 0 Å². The van der Waals surface area contributed by atoms with Crippen LogP contribution in [0.15, 0.2) is 24.3 Å². The summed E-state index contributed by atoms with van der Waals surface area (Å²) in [4.78, 5) is 4.82. The largest absolute Gasteiger partial charge is 0.492 e. The van der Waals surface area contributed by atoms with E-state index in [-0.39, 0.29) is 0 Å². The number of nitrogens with zero attached hydrogens (tertiary/aromatic N) is 2. The number of ether oxygens (including phenoxy) is 1. The average Bonchev–Trinajstić information content (AvgIpc) is 2.94. The zero-order chi connectivity index (χ0) is 13.5. The molecular weight excluding hydrogens is 236 g/mol. The van der Waals surface area contributed by atoms with Crippen LogP contribution in [0.3, 0.4) is 0 Å². The van der Waals surface area contributed by atoms with Gasteiger partial charge in [-0.05, 0) is 51.9 Å². The van der Waals surface area contributed by atoms with Crippen molar-refractivity contribution in [2.24, 2.45) is 0 Å². The second kappa shape index (κ2) is 7.39. The van der Waals surface area contributed by atoms with E-state index in [9.17, 15) is 0 Å². The standard InChI is InChI=1S/C16H26N2O/c1-3-18(4-2)15-8-7-9-16(14-15)19-13-12-17-10-5-6-11-17/h7-9,14H,3-6,10-13H2,1-2H3. The van der Waals surface area contributed by atoms with Gasteiger partial charge in [-0.25, -0.2) is 0 Å². The van der Waals surface area contributed by atoms with E-state index in [0.29, 0.717) is 0 Å². The van der Waals surface area contributed by atoms with Crippen LogP contribution in [0.25, 0.3) is 0 Å². The summed E-state index contributed by atoms with van der Waals surface area (Å²) in [5, 5.41) is 0. The van der Waals surface area contributed by atoms with E-state index in [2.05, 4.69) is 47.9 Å². The van der Waals surface area contributed by atoms with Gasteiger partial charge in [-0.2, -0.15) is 0 Å². The summed E-state index contributed by atoms with van der Waals surface area (Å²) in [6.07, 6.45) is 2.69. The third-order valence-electron chi connectivity index (χ3n) is 3.82. The molecule has 106 valence electrons. The summed E-state index contributed by atoms with van der Waals surface area (Å²) in [6, 6.07) is 8.44. The Labute approximate surface area is 117 Å². The molecule has 1 aliphatic heterocycles. The molecule has 1 fully saturated rings. The van der Waals surface area contributed by atoms with Crippen LogP contribution in [0.5, 0.6) is 5.75 Å². The molecule has 3 heteroatoms. The third kappa shape index (κ3) is 4.13. The molecule has 1 heterocycles. The molecule has 0 aliphatic carbocycles. The SMILES string of the molecule is CCN(CC)c1cccc(OCCN2CCCC2)c1. The van der Waals surface area contributed by atoms with Crippen molar-refractivity contribution < 1.29 is 4.74 Å². The summed E-state index contributed by atoms with van der Waals surface area (Å²) in [7, 11) is 0. The van der Waals surface area contributed by atoms with Crippen LogP contribution >= 0.6 is 0 Å². The molecule has 1 aliphatic rings. The Morgan fingerprint density at radius 1 is 1.16 bits per heavy atom. The summed E-state index contributed by atoms with van der Waals surface area (Å²) >= 11 is 0. The molecule has 1 saturated heterocycles. The van der Waals surface area contributed by atoms with E-state index in [1.807, 2.05) is 0 Å². The van der Waals surface area contributed by atoms with Gasteiger partial charge in [0, 0.05) is 31.4 Å². The number of likely N-dealkylation sites (tertiary alicyclic amines) is 1. The van der Waals surface area contributed by atoms with Gasteiger partial charge in [-0.3, -0.25) is 4.90 Å². The van der Waals surface area contributed by atoms with Crippen LogP contribution in [-0.4, -0.2) is 44.2 Å². The number of hydrogen-bond donors (Lipinski definition) is 0. The highest BCUT2D eigenvalue weighted by atomic mass is 16.5. The fourth-order valence-corrected chi connectivity index (χ4v) is 2.66. The van der Waals surface area contributed by atoms with Gasteiger partial charge < -0.3 is 9.64 Å². The van der Waals surface area contributed by atoms with E-state index >= 15 is 0 Å². The highest BCUT2D eigenvalue weighted by Gasteiger charge is 2.10. The second-order valence-electron chi connectivity index (χ2n) is 5.07. The first-order valence-corrected chi connectivity index (χ1v) is 7.53. The van der Waals surface area contributed by atoms with Crippen molar-refractivity contribution in [3.05, 3.63) is 24.3 Å². The van der Waals surface area contributed by atoms with Crippen molar-refractivity contribution in [3.8, 4) is 5.75 Å². The topological polar surface area (TPSA) is 15.7 Å². The minimum absolute atomic E-state index is 0.793. The maximum atomic E-state index is 5.88. The molecule has 3 nitrogen and oxygen atoms in total. The molecular formula is C16H26N2O. The maximum Gasteiger partial charge on any atom is 0.121 e. The van der Waals surface area contributed by atoms with Crippen molar-refractivity contribution in [1.82, 2.24) is 4.90 Å². The van der Waals surface area contributed by atoms with Gasteiger partial charge in [-0.1, -0.05) is 6.07 Å². The quantitative estimate of drug-likeness (QED) is 0.751. The first kappa shape index (κ1) is 14.2. The Hall–Kier alpha value is -1.22. The zero-order valence-corrected chi connectivity index (χ0v) is 12.3. The summed E-state index contributed by atoms with van der Waals surface area (Å²) in [5.41, 5.74) is 1.25. The molecule has 0 radical (unpaired) electrons. The Kier molecular flexibility index (Phi) is 5.52. The summed E-state index contributed by atoms with van der Waals surface area (Å²) in [6.45, 7) is 10.8. The first-order chi connectivity index (χ1) is 9.33. The van der Waals surface area contributed by atoms with Crippen LogP contribution in [0.4, 0.5) is 5.69 Å². The van der Waals surface area contributed by atoms with E-state index in [1.54, 1.807) is 0 Å². The van der Waals surface area contributed by atoms with Crippen molar-refractivity contribution in [3.63, 3.8) is 0 Å². The lowest BCUT2D eigenvalue weighted by atomic mass is 10.2. The van der Waals surface area contributed by atoms with Gasteiger partial charge in [0.2, 0.25) is 0 Å². The van der Waals surface area contributed by atoms with Crippen molar-refractivity contribution >= 4 is 5.69 Å². The monoisotopic (exact) mass is 262 g/mol. The smallest absolute Gasteiger partial charge is 0.121 e. The molecule has 0 saturated carbocycles. The van der Waals surface area contributed by atoms with Gasteiger partial charge in [0.15, 0.2) is 0 Å². The summed E-state index contributed by atoms with van der Waals surface area (Å²) in [5.74, 6) is 0.989. The minimum Gasteiger partial charge on any atom is -0.492 e. The highest BCUT2D eigenvalue weighted by molar-refractivity contribution is 5.50. The van der Waals surface area contributed by atoms with Gasteiger partial charge in [0.05, 0.1) is 0 Å². The zero-order valence-electron chi connectivity index (χ0n) is 12.3. The number of benzene rings is 1. The molecule has 0 bridgehead atoms. The van der Waals surface area contributed by atoms with Crippen LogP contribution < -0.4 is 9.64 Å². The van der Waals surface area contributed by atoms with Gasteiger partial charge in [0.25, 0.3) is 0 Å². The lowest BCUT2D eigenvalue weighted by Gasteiger charge is -2.22. The van der Waals surface area contributed by atoms with E-state index in [1.165, 1.54) is 31.6 Å². The van der Waals surface area contributed by atoms with Crippen LogP contribution in [0.1, 0.15) is 26.7 Å². The van der Waals surface area contributed by atoms with Crippen molar-refractivity contribution in [2.45, 2.75) is 26.7 Å². The van der Waals surface area contributed by atoms with E-state index in [0.717, 1.165) is 32.0 Å². The third-order valence-corrected chi connectivity index (χ3v) is 3.82. The van der Waals surface area contributed by atoms with Crippen LogP contribution in [-0.2, 0) is 0 Å². The Morgan fingerprint density at radius 3 is 2.58 bits per heavy atom. The minimum atomic E-state index is 0.793. The van der Waals surface area contributed by atoms with Crippen molar-refractivity contribution in [2.75, 3.05) is 44.2 Å². The molecule has 0 amide bonds. The normalized spacial score (nSPS) is 15.7. The molecule has 1 aromatic carbocycles.